The summed E-state index contributed by atoms with van der Waals surface area (Å²) in [5, 5.41) is 0. The topological polar surface area (TPSA) is 72.8 Å². The van der Waals surface area contributed by atoms with Gasteiger partial charge in [0.05, 0.1) is 22.5 Å². The lowest BCUT2D eigenvalue weighted by atomic mass is 10.1. The first-order valence-corrected chi connectivity index (χ1v) is 6.37. The highest BCUT2D eigenvalue weighted by Crippen LogP contribution is 2.22. The number of hydrogen-bond acceptors (Lipinski definition) is 4. The maximum Gasteiger partial charge on any atom is 0.288 e. The van der Waals surface area contributed by atoms with Gasteiger partial charge in [-0.15, -0.1) is 4.91 Å². The monoisotopic (exact) mass is 221 g/mol. The summed E-state index contributed by atoms with van der Waals surface area (Å²) in [7, 11) is -3.71. The maximum atomic E-state index is 10.7. The zero-order valence-electron chi connectivity index (χ0n) is 8.18. The van der Waals surface area contributed by atoms with E-state index in [-0.39, 0.29) is 18.0 Å². The molecule has 14 heavy (non-hydrogen) atoms. The minimum atomic E-state index is -3.71. The molecule has 0 spiro atoms. The molecule has 1 saturated heterocycles. The van der Waals surface area contributed by atoms with Crippen LogP contribution in [0.25, 0.3) is 0 Å². The van der Waals surface area contributed by atoms with E-state index in [4.69, 9.17) is 4.74 Å². The third kappa shape index (κ3) is 3.71. The Labute approximate surface area is 83.9 Å². The Kier molecular flexibility index (Phi) is 4.00. The minimum absolute atomic E-state index is 0.159. The summed E-state index contributed by atoms with van der Waals surface area (Å²) < 4.78 is 29.0. The van der Waals surface area contributed by atoms with Crippen LogP contribution in [0.5, 0.6) is 0 Å². The molecule has 0 saturated carbocycles. The predicted molar refractivity (Wildman–Crippen MR) is 52.4 cm³/mol. The second kappa shape index (κ2) is 4.84. The first-order chi connectivity index (χ1) is 6.53. The van der Waals surface area contributed by atoms with E-state index in [9.17, 15) is 13.3 Å². The molecule has 5 nitrogen and oxygen atoms in total. The van der Waals surface area contributed by atoms with E-state index in [1.54, 1.807) is 0 Å². The van der Waals surface area contributed by atoms with E-state index < -0.39 is 10.0 Å². The van der Waals surface area contributed by atoms with Crippen molar-refractivity contribution in [2.45, 2.75) is 44.8 Å². The SMILES string of the molecule is CC1CCC(CCCS(=O)(=O)N=O)O1. The van der Waals surface area contributed by atoms with Crippen molar-refractivity contribution in [1.82, 2.24) is 0 Å². The number of rotatable bonds is 5. The number of nitrogens with zero attached hydrogens (tertiary/aromatic N) is 1. The average Bonchev–Trinajstić information content (AvgIpc) is 2.51. The highest BCUT2D eigenvalue weighted by atomic mass is 32.2. The fourth-order valence-corrected chi connectivity index (χ4v) is 2.23. The highest BCUT2D eigenvalue weighted by Gasteiger charge is 2.22. The molecule has 1 fully saturated rings. The number of sulfonamides is 1. The smallest absolute Gasteiger partial charge is 0.288 e. The largest absolute Gasteiger partial charge is 0.375 e. The molecule has 0 radical (unpaired) electrons. The van der Waals surface area contributed by atoms with Crippen LogP contribution < -0.4 is 0 Å². The van der Waals surface area contributed by atoms with E-state index in [1.807, 2.05) is 6.92 Å². The van der Waals surface area contributed by atoms with Gasteiger partial charge in [0.25, 0.3) is 10.0 Å². The Morgan fingerprint density at radius 1 is 1.43 bits per heavy atom. The van der Waals surface area contributed by atoms with Crippen molar-refractivity contribution in [3.8, 4) is 0 Å². The highest BCUT2D eigenvalue weighted by molar-refractivity contribution is 7.89. The minimum Gasteiger partial charge on any atom is -0.375 e. The molecule has 82 valence electrons. The molecule has 1 aliphatic rings. The fraction of sp³-hybridized carbons (Fsp3) is 1.00. The van der Waals surface area contributed by atoms with Gasteiger partial charge in [-0.05, 0) is 32.6 Å². The van der Waals surface area contributed by atoms with Gasteiger partial charge in [0, 0.05) is 0 Å². The summed E-state index contributed by atoms with van der Waals surface area (Å²) in [6.45, 7) is 2.00. The van der Waals surface area contributed by atoms with Gasteiger partial charge in [0.2, 0.25) is 0 Å². The molecule has 0 aliphatic carbocycles. The summed E-state index contributed by atoms with van der Waals surface area (Å²) >= 11 is 0. The van der Waals surface area contributed by atoms with Crippen LogP contribution in [0.15, 0.2) is 4.58 Å². The number of hydrogen-bond donors (Lipinski definition) is 0. The molecule has 0 aromatic carbocycles. The van der Waals surface area contributed by atoms with Gasteiger partial charge in [-0.3, -0.25) is 0 Å². The molecule has 1 aliphatic heterocycles. The van der Waals surface area contributed by atoms with Gasteiger partial charge < -0.3 is 4.74 Å². The van der Waals surface area contributed by atoms with Crippen molar-refractivity contribution in [1.29, 1.82) is 0 Å². The Hall–Kier alpha value is -0.490. The molecule has 0 aromatic heterocycles. The molecule has 6 heteroatoms. The van der Waals surface area contributed by atoms with Crippen molar-refractivity contribution >= 4 is 10.0 Å². The molecule has 0 bridgehead atoms. The number of ether oxygens (including phenoxy) is 1. The van der Waals surface area contributed by atoms with Crippen LogP contribution in [0.1, 0.15) is 32.6 Å². The van der Waals surface area contributed by atoms with Crippen molar-refractivity contribution in [3.63, 3.8) is 0 Å². The van der Waals surface area contributed by atoms with Crippen molar-refractivity contribution < 1.29 is 13.2 Å². The molecular formula is C8H15NO4S. The van der Waals surface area contributed by atoms with Crippen LogP contribution >= 0.6 is 0 Å². The van der Waals surface area contributed by atoms with Gasteiger partial charge in [0.1, 0.15) is 0 Å². The average molecular weight is 221 g/mol. The zero-order chi connectivity index (χ0) is 10.6. The van der Waals surface area contributed by atoms with Gasteiger partial charge in [0.15, 0.2) is 0 Å². The maximum absolute atomic E-state index is 10.7. The van der Waals surface area contributed by atoms with E-state index in [0.29, 0.717) is 12.8 Å². The third-order valence-corrected chi connectivity index (χ3v) is 3.39. The summed E-state index contributed by atoms with van der Waals surface area (Å²) in [5.74, 6) is -0.162. The van der Waals surface area contributed by atoms with Crippen LogP contribution in [0.4, 0.5) is 0 Å². The normalized spacial score (nSPS) is 27.8. The molecule has 1 heterocycles. The van der Waals surface area contributed by atoms with Crippen molar-refractivity contribution in [2.24, 2.45) is 4.58 Å². The second-order valence-electron chi connectivity index (χ2n) is 3.65. The standard InChI is InChI=1S/C8H15NO4S/c1-7-4-5-8(13-7)3-2-6-14(11,12)9-10/h7-8H,2-6H2,1H3. The quantitative estimate of drug-likeness (QED) is 0.658. The summed E-state index contributed by atoms with van der Waals surface area (Å²) in [4.78, 5) is 9.84. The van der Waals surface area contributed by atoms with Gasteiger partial charge >= 0.3 is 0 Å². The van der Waals surface area contributed by atoms with Crippen LogP contribution in [0.3, 0.4) is 0 Å². The first-order valence-electron chi connectivity index (χ1n) is 4.76. The van der Waals surface area contributed by atoms with Crippen molar-refractivity contribution in [3.05, 3.63) is 4.91 Å². The Balaban J connectivity index is 2.19. The molecule has 0 amide bonds. The van der Waals surface area contributed by atoms with Gasteiger partial charge in [-0.2, -0.15) is 0 Å². The first kappa shape index (κ1) is 11.6. The summed E-state index contributed by atoms with van der Waals surface area (Å²) in [6, 6.07) is 0. The molecule has 2 unspecified atom stereocenters. The van der Waals surface area contributed by atoms with E-state index in [0.717, 1.165) is 12.8 Å². The van der Waals surface area contributed by atoms with Crippen LogP contribution in [0, 0.1) is 4.91 Å². The van der Waals surface area contributed by atoms with Gasteiger partial charge in [-0.1, -0.05) is 0 Å². The lowest BCUT2D eigenvalue weighted by molar-refractivity contribution is 0.0507. The molecule has 0 N–H and O–H groups in total. The second-order valence-corrected chi connectivity index (χ2v) is 5.37. The van der Waals surface area contributed by atoms with E-state index >= 15 is 0 Å². The van der Waals surface area contributed by atoms with Gasteiger partial charge in [-0.25, -0.2) is 8.42 Å². The predicted octanol–water partition coefficient (Wildman–Crippen LogP) is 1.43. The van der Waals surface area contributed by atoms with Crippen LogP contribution in [-0.4, -0.2) is 26.4 Å². The summed E-state index contributed by atoms with van der Waals surface area (Å²) in [5.41, 5.74) is 0. The molecule has 2 atom stereocenters. The Bertz CT molecular complexity index is 288. The molecule has 0 aromatic rings. The Morgan fingerprint density at radius 2 is 2.14 bits per heavy atom. The number of nitroso groups, excluding NO2 is 1. The summed E-state index contributed by atoms with van der Waals surface area (Å²) in [6.07, 6.45) is 3.59. The zero-order valence-corrected chi connectivity index (χ0v) is 9.00. The fourth-order valence-electron chi connectivity index (χ4n) is 1.63. The van der Waals surface area contributed by atoms with Crippen LogP contribution in [0.2, 0.25) is 0 Å². The third-order valence-electron chi connectivity index (χ3n) is 2.36. The van der Waals surface area contributed by atoms with E-state index in [1.165, 1.54) is 0 Å². The van der Waals surface area contributed by atoms with Crippen molar-refractivity contribution in [2.75, 3.05) is 5.75 Å². The lowest BCUT2D eigenvalue weighted by Gasteiger charge is -2.09. The molecular weight excluding hydrogens is 206 g/mol. The van der Waals surface area contributed by atoms with E-state index in [2.05, 4.69) is 4.58 Å². The molecule has 1 rings (SSSR count). The lowest BCUT2D eigenvalue weighted by Crippen LogP contribution is -2.10. The van der Waals surface area contributed by atoms with Crippen LogP contribution in [-0.2, 0) is 14.8 Å². The Morgan fingerprint density at radius 3 is 2.64 bits per heavy atom.